The molecule has 0 aliphatic heterocycles. The third-order valence-electron chi connectivity index (χ3n) is 3.06. The van der Waals surface area contributed by atoms with E-state index < -0.39 is 0 Å². The van der Waals surface area contributed by atoms with Gasteiger partial charge < -0.3 is 5.73 Å². The minimum absolute atomic E-state index is 0.769. The lowest BCUT2D eigenvalue weighted by Crippen LogP contribution is -1.94. The van der Waals surface area contributed by atoms with Crippen LogP contribution in [0.3, 0.4) is 0 Å². The van der Waals surface area contributed by atoms with Gasteiger partial charge in [0, 0.05) is 33.9 Å². The van der Waals surface area contributed by atoms with Crippen LogP contribution in [-0.4, -0.2) is 14.4 Å². The van der Waals surface area contributed by atoms with Crippen molar-refractivity contribution in [2.24, 2.45) is 0 Å². The van der Waals surface area contributed by atoms with Crippen LogP contribution in [0.15, 0.2) is 41.4 Å². The van der Waals surface area contributed by atoms with Gasteiger partial charge in [-0.25, -0.2) is 9.97 Å². The van der Waals surface area contributed by atoms with Gasteiger partial charge in [0.2, 0.25) is 5.78 Å². The molecule has 0 radical (unpaired) electrons. The average Bonchev–Trinajstić information content (AvgIpc) is 2.80. The average molecular weight is 284 g/mol. The molecule has 2 N–H and O–H groups in total. The van der Waals surface area contributed by atoms with Crippen molar-refractivity contribution in [2.45, 2.75) is 24.5 Å². The molecule has 0 bridgehead atoms. The van der Waals surface area contributed by atoms with Crippen LogP contribution in [0.4, 0.5) is 5.69 Å². The largest absolute Gasteiger partial charge is 0.399 e. The van der Waals surface area contributed by atoms with Crippen molar-refractivity contribution in [3.8, 4) is 0 Å². The first-order chi connectivity index (χ1) is 9.61. The van der Waals surface area contributed by atoms with Crippen LogP contribution >= 0.6 is 11.8 Å². The van der Waals surface area contributed by atoms with Crippen molar-refractivity contribution in [3.05, 3.63) is 53.6 Å². The summed E-state index contributed by atoms with van der Waals surface area (Å²) in [5, 5.41) is 0. The third-order valence-corrected chi connectivity index (χ3v) is 4.08. The molecule has 3 aromatic rings. The molecule has 0 fully saturated rings. The molecular weight excluding hydrogens is 268 g/mol. The third kappa shape index (κ3) is 2.63. The van der Waals surface area contributed by atoms with E-state index in [2.05, 4.69) is 35.2 Å². The van der Waals surface area contributed by atoms with Gasteiger partial charge in [-0.15, -0.1) is 11.8 Å². The summed E-state index contributed by atoms with van der Waals surface area (Å²) in [6.07, 6.45) is 2.05. The fraction of sp³-hybridized carbons (Fsp3) is 0.200. The summed E-state index contributed by atoms with van der Waals surface area (Å²) in [5.74, 6) is 1.58. The number of nitrogen functional groups attached to an aromatic ring is 1. The van der Waals surface area contributed by atoms with Gasteiger partial charge in [0.25, 0.3) is 0 Å². The Kier molecular flexibility index (Phi) is 3.36. The van der Waals surface area contributed by atoms with Gasteiger partial charge in [-0.05, 0) is 38.1 Å². The molecule has 0 spiro atoms. The van der Waals surface area contributed by atoms with Gasteiger partial charge in [0.05, 0.1) is 5.69 Å². The Morgan fingerprint density at radius 1 is 1.20 bits per heavy atom. The highest BCUT2D eigenvalue weighted by Gasteiger charge is 2.06. The van der Waals surface area contributed by atoms with Crippen LogP contribution in [0.1, 0.15) is 17.1 Å². The Bertz CT molecular complexity index is 764. The molecule has 0 amide bonds. The zero-order valence-corrected chi connectivity index (χ0v) is 12.3. The van der Waals surface area contributed by atoms with E-state index in [1.54, 1.807) is 11.8 Å². The van der Waals surface area contributed by atoms with Crippen LogP contribution < -0.4 is 5.73 Å². The molecule has 1 aromatic carbocycles. The summed E-state index contributed by atoms with van der Waals surface area (Å²) in [7, 11) is 0. The Balaban J connectivity index is 1.83. The van der Waals surface area contributed by atoms with Crippen LogP contribution in [-0.2, 0) is 5.75 Å². The first-order valence-corrected chi connectivity index (χ1v) is 7.41. The summed E-state index contributed by atoms with van der Waals surface area (Å²) in [5.41, 5.74) is 9.75. The van der Waals surface area contributed by atoms with Gasteiger partial charge in [-0.2, -0.15) is 0 Å². The zero-order chi connectivity index (χ0) is 14.1. The lowest BCUT2D eigenvalue weighted by molar-refractivity contribution is 1.01. The van der Waals surface area contributed by atoms with Crippen molar-refractivity contribution >= 4 is 23.2 Å². The Labute approximate surface area is 122 Å². The highest BCUT2D eigenvalue weighted by Crippen LogP contribution is 2.24. The van der Waals surface area contributed by atoms with Gasteiger partial charge in [0.1, 0.15) is 0 Å². The fourth-order valence-electron chi connectivity index (χ4n) is 2.15. The summed E-state index contributed by atoms with van der Waals surface area (Å²) >= 11 is 1.73. The molecule has 5 heteroatoms. The lowest BCUT2D eigenvalue weighted by Gasteiger charge is -2.00. The fourth-order valence-corrected chi connectivity index (χ4v) is 3.00. The number of anilines is 1. The number of aromatic nitrogens is 3. The standard InChI is InChI=1S/C15H16N4S/c1-10-6-11(2)19-8-13(18-15(19)17-10)9-20-14-5-3-4-12(16)7-14/h3-8H,9,16H2,1-2H3. The molecule has 20 heavy (non-hydrogen) atoms. The maximum atomic E-state index is 5.78. The Hall–Kier alpha value is -2.01. The highest BCUT2D eigenvalue weighted by molar-refractivity contribution is 7.98. The van der Waals surface area contributed by atoms with E-state index in [0.717, 1.165) is 39.2 Å². The van der Waals surface area contributed by atoms with E-state index in [0.29, 0.717) is 0 Å². The molecule has 2 aromatic heterocycles. The quantitative estimate of drug-likeness (QED) is 0.592. The normalized spacial score (nSPS) is 11.1. The molecule has 0 saturated heterocycles. The predicted octanol–water partition coefficient (Wildman–Crippen LogP) is 3.22. The van der Waals surface area contributed by atoms with Crippen LogP contribution in [0.25, 0.3) is 5.78 Å². The molecule has 2 heterocycles. The summed E-state index contributed by atoms with van der Waals surface area (Å²) in [6.45, 7) is 4.06. The summed E-state index contributed by atoms with van der Waals surface area (Å²) < 4.78 is 2.03. The topological polar surface area (TPSA) is 56.2 Å². The predicted molar refractivity (Wildman–Crippen MR) is 82.9 cm³/mol. The van der Waals surface area contributed by atoms with Crippen LogP contribution in [0, 0.1) is 13.8 Å². The Morgan fingerprint density at radius 3 is 2.85 bits per heavy atom. The maximum Gasteiger partial charge on any atom is 0.234 e. The molecule has 102 valence electrons. The molecule has 0 atom stereocenters. The molecule has 3 rings (SSSR count). The van der Waals surface area contributed by atoms with E-state index in [-0.39, 0.29) is 0 Å². The van der Waals surface area contributed by atoms with Gasteiger partial charge in [-0.1, -0.05) is 6.07 Å². The van der Waals surface area contributed by atoms with E-state index in [4.69, 9.17) is 5.73 Å². The lowest BCUT2D eigenvalue weighted by atomic mass is 10.3. The second kappa shape index (κ2) is 5.17. The first-order valence-electron chi connectivity index (χ1n) is 6.42. The van der Waals surface area contributed by atoms with Gasteiger partial charge in [-0.3, -0.25) is 4.40 Å². The number of benzene rings is 1. The first kappa shape index (κ1) is 13.0. The second-order valence-electron chi connectivity index (χ2n) is 4.80. The van der Waals surface area contributed by atoms with Gasteiger partial charge >= 0.3 is 0 Å². The maximum absolute atomic E-state index is 5.78. The number of hydrogen-bond donors (Lipinski definition) is 1. The van der Waals surface area contributed by atoms with Crippen molar-refractivity contribution in [2.75, 3.05) is 5.73 Å². The number of nitrogens with zero attached hydrogens (tertiary/aromatic N) is 3. The number of rotatable bonds is 3. The smallest absolute Gasteiger partial charge is 0.234 e. The molecule has 4 nitrogen and oxygen atoms in total. The van der Waals surface area contributed by atoms with Gasteiger partial charge in [0.15, 0.2) is 0 Å². The van der Waals surface area contributed by atoms with E-state index in [9.17, 15) is 0 Å². The number of nitrogens with two attached hydrogens (primary N) is 1. The molecule has 0 unspecified atom stereocenters. The summed E-state index contributed by atoms with van der Waals surface area (Å²) in [4.78, 5) is 10.2. The highest BCUT2D eigenvalue weighted by atomic mass is 32.2. The van der Waals surface area contributed by atoms with E-state index >= 15 is 0 Å². The minimum atomic E-state index is 0.769. The molecule has 0 aliphatic rings. The van der Waals surface area contributed by atoms with Crippen molar-refractivity contribution in [1.29, 1.82) is 0 Å². The van der Waals surface area contributed by atoms with Crippen LogP contribution in [0.2, 0.25) is 0 Å². The van der Waals surface area contributed by atoms with E-state index in [1.165, 1.54) is 0 Å². The van der Waals surface area contributed by atoms with E-state index in [1.807, 2.05) is 29.5 Å². The van der Waals surface area contributed by atoms with Crippen molar-refractivity contribution < 1.29 is 0 Å². The monoisotopic (exact) mass is 284 g/mol. The number of aryl methyl sites for hydroxylation is 2. The minimum Gasteiger partial charge on any atom is -0.399 e. The molecular formula is C15H16N4S. The SMILES string of the molecule is Cc1cc(C)n2cc(CSc3cccc(N)c3)nc2n1. The number of thioether (sulfide) groups is 1. The number of fused-ring (bicyclic) bond motifs is 1. The zero-order valence-electron chi connectivity index (χ0n) is 11.5. The molecule has 0 saturated carbocycles. The van der Waals surface area contributed by atoms with Crippen molar-refractivity contribution in [1.82, 2.24) is 14.4 Å². The number of imidazole rings is 1. The van der Waals surface area contributed by atoms with Crippen molar-refractivity contribution in [3.63, 3.8) is 0 Å². The second-order valence-corrected chi connectivity index (χ2v) is 5.85. The van der Waals surface area contributed by atoms with Crippen LogP contribution in [0.5, 0.6) is 0 Å². The summed E-state index contributed by atoms with van der Waals surface area (Å²) in [6, 6.07) is 9.96. The number of hydrogen-bond acceptors (Lipinski definition) is 4. The molecule has 0 aliphatic carbocycles. The Morgan fingerprint density at radius 2 is 2.05 bits per heavy atom.